The molecule has 120 valence electrons. The monoisotopic (exact) mass is 311 g/mol. The highest BCUT2D eigenvalue weighted by atomic mass is 16.5. The summed E-state index contributed by atoms with van der Waals surface area (Å²) >= 11 is 0. The van der Waals surface area contributed by atoms with E-state index in [-0.39, 0.29) is 5.54 Å². The summed E-state index contributed by atoms with van der Waals surface area (Å²) in [5.41, 5.74) is 9.07. The first-order valence-corrected chi connectivity index (χ1v) is 7.95. The number of ether oxygens (including phenoxy) is 2. The molecule has 4 rings (SSSR count). The molecule has 0 saturated carbocycles. The van der Waals surface area contributed by atoms with Gasteiger partial charge in [0.25, 0.3) is 0 Å². The number of benzene rings is 1. The van der Waals surface area contributed by atoms with Gasteiger partial charge in [-0.15, -0.1) is 0 Å². The number of rotatable bonds is 3. The van der Waals surface area contributed by atoms with Crippen LogP contribution in [-0.4, -0.2) is 23.2 Å². The third-order valence-corrected chi connectivity index (χ3v) is 4.54. The molecule has 2 aliphatic heterocycles. The molecule has 3 N–H and O–H groups in total. The standard InChI is InChI=1S/C18H21N3O2/c1-11-7-18(2,21-11)10-23-13-3-4-14-15-6-17(19)20-8-12(15)9-22-16(14)5-13/h3-6,8,11,21H,7,9-10H2,1-2H3,(H2,19,20). The van der Waals surface area contributed by atoms with E-state index in [0.29, 0.717) is 25.1 Å². The molecular weight excluding hydrogens is 290 g/mol. The van der Waals surface area contributed by atoms with Crippen molar-refractivity contribution in [3.63, 3.8) is 0 Å². The zero-order valence-electron chi connectivity index (χ0n) is 13.4. The van der Waals surface area contributed by atoms with Crippen LogP contribution in [0.1, 0.15) is 25.8 Å². The van der Waals surface area contributed by atoms with Gasteiger partial charge < -0.3 is 20.5 Å². The van der Waals surface area contributed by atoms with Crippen LogP contribution in [0.3, 0.4) is 0 Å². The molecule has 0 aliphatic carbocycles. The number of nitrogens with two attached hydrogens (primary N) is 1. The van der Waals surface area contributed by atoms with Gasteiger partial charge in [0.15, 0.2) is 0 Å². The van der Waals surface area contributed by atoms with Gasteiger partial charge in [0.2, 0.25) is 0 Å². The SMILES string of the molecule is CC1CC(C)(COc2ccc3c(c2)OCc2cnc(N)cc2-3)N1. The molecule has 1 aromatic heterocycles. The molecule has 0 amide bonds. The molecule has 5 heteroatoms. The Morgan fingerprint density at radius 1 is 1.39 bits per heavy atom. The van der Waals surface area contributed by atoms with Crippen molar-refractivity contribution in [3.05, 3.63) is 36.0 Å². The van der Waals surface area contributed by atoms with Crippen molar-refractivity contribution < 1.29 is 9.47 Å². The number of anilines is 1. The number of nitrogen functional groups attached to an aromatic ring is 1. The fraction of sp³-hybridized carbons (Fsp3) is 0.389. The molecule has 0 spiro atoms. The van der Waals surface area contributed by atoms with E-state index in [9.17, 15) is 0 Å². The maximum Gasteiger partial charge on any atom is 0.131 e. The van der Waals surface area contributed by atoms with Crippen molar-refractivity contribution in [2.24, 2.45) is 0 Å². The number of aromatic nitrogens is 1. The van der Waals surface area contributed by atoms with Crippen molar-refractivity contribution in [1.29, 1.82) is 0 Å². The minimum Gasteiger partial charge on any atom is -0.492 e. The average Bonchev–Trinajstić information content (AvgIpc) is 2.51. The normalized spacial score (nSPS) is 24.9. The van der Waals surface area contributed by atoms with Gasteiger partial charge in [-0.25, -0.2) is 4.98 Å². The van der Waals surface area contributed by atoms with Crippen LogP contribution in [0, 0.1) is 0 Å². The maximum atomic E-state index is 5.96. The lowest BCUT2D eigenvalue weighted by Gasteiger charge is -2.45. The molecule has 3 heterocycles. The molecule has 5 nitrogen and oxygen atoms in total. The lowest BCUT2D eigenvalue weighted by molar-refractivity contribution is 0.0949. The molecular formula is C18H21N3O2. The highest BCUT2D eigenvalue weighted by molar-refractivity contribution is 5.77. The van der Waals surface area contributed by atoms with E-state index in [1.165, 1.54) is 0 Å². The molecule has 2 unspecified atom stereocenters. The topological polar surface area (TPSA) is 69.4 Å². The molecule has 1 fully saturated rings. The Bertz CT molecular complexity index is 754. The van der Waals surface area contributed by atoms with Crippen molar-refractivity contribution in [1.82, 2.24) is 10.3 Å². The Balaban J connectivity index is 1.55. The Morgan fingerprint density at radius 3 is 3.00 bits per heavy atom. The van der Waals surface area contributed by atoms with Crippen LogP contribution in [0.25, 0.3) is 11.1 Å². The lowest BCUT2D eigenvalue weighted by Crippen LogP contribution is -2.63. The fourth-order valence-corrected chi connectivity index (χ4v) is 3.55. The summed E-state index contributed by atoms with van der Waals surface area (Å²) in [6, 6.07) is 8.45. The quantitative estimate of drug-likeness (QED) is 0.912. The molecule has 2 atom stereocenters. The van der Waals surface area contributed by atoms with Crippen molar-refractivity contribution in [2.45, 2.75) is 38.5 Å². The van der Waals surface area contributed by atoms with Crippen molar-refractivity contribution in [3.8, 4) is 22.6 Å². The predicted octanol–water partition coefficient (Wildman–Crippen LogP) is 2.74. The highest BCUT2D eigenvalue weighted by Gasteiger charge is 2.37. The van der Waals surface area contributed by atoms with Gasteiger partial charge in [0, 0.05) is 29.4 Å². The summed E-state index contributed by atoms with van der Waals surface area (Å²) in [5.74, 6) is 2.19. The third kappa shape index (κ3) is 2.61. The summed E-state index contributed by atoms with van der Waals surface area (Å²) in [6.45, 7) is 5.54. The smallest absolute Gasteiger partial charge is 0.131 e. The first-order chi connectivity index (χ1) is 11.0. The second-order valence-electron chi connectivity index (χ2n) is 6.81. The van der Waals surface area contributed by atoms with Gasteiger partial charge in [-0.3, -0.25) is 0 Å². The summed E-state index contributed by atoms with van der Waals surface area (Å²) in [6.07, 6.45) is 2.91. The van der Waals surface area contributed by atoms with E-state index in [0.717, 1.165) is 34.6 Å². The minimum atomic E-state index is 0.0723. The van der Waals surface area contributed by atoms with E-state index >= 15 is 0 Å². The Hall–Kier alpha value is -2.27. The third-order valence-electron chi connectivity index (χ3n) is 4.54. The van der Waals surface area contributed by atoms with E-state index in [2.05, 4.69) is 24.1 Å². The zero-order valence-corrected chi connectivity index (χ0v) is 13.4. The van der Waals surface area contributed by atoms with Crippen LogP contribution in [-0.2, 0) is 6.61 Å². The highest BCUT2D eigenvalue weighted by Crippen LogP contribution is 2.40. The van der Waals surface area contributed by atoms with Gasteiger partial charge in [-0.2, -0.15) is 0 Å². The largest absolute Gasteiger partial charge is 0.492 e. The Morgan fingerprint density at radius 2 is 2.22 bits per heavy atom. The second kappa shape index (κ2) is 5.13. The first-order valence-electron chi connectivity index (χ1n) is 7.95. The maximum absolute atomic E-state index is 5.96. The number of hydrogen-bond acceptors (Lipinski definition) is 5. The van der Waals surface area contributed by atoms with Gasteiger partial charge in [0.05, 0.1) is 5.54 Å². The summed E-state index contributed by atoms with van der Waals surface area (Å²) < 4.78 is 11.8. The molecule has 2 aliphatic rings. The summed E-state index contributed by atoms with van der Waals surface area (Å²) in [4.78, 5) is 4.13. The molecule has 1 saturated heterocycles. The second-order valence-corrected chi connectivity index (χ2v) is 6.81. The van der Waals surface area contributed by atoms with Crippen LogP contribution in [0.5, 0.6) is 11.5 Å². The van der Waals surface area contributed by atoms with Gasteiger partial charge in [0.1, 0.15) is 30.5 Å². The molecule has 23 heavy (non-hydrogen) atoms. The number of nitrogens with zero attached hydrogens (tertiary/aromatic N) is 1. The van der Waals surface area contributed by atoms with Crippen LogP contribution >= 0.6 is 0 Å². The Kier molecular flexibility index (Phi) is 3.20. The number of pyridine rings is 1. The zero-order chi connectivity index (χ0) is 16.0. The van der Waals surface area contributed by atoms with Gasteiger partial charge in [-0.1, -0.05) is 0 Å². The first kappa shape index (κ1) is 14.3. The van der Waals surface area contributed by atoms with Crippen LogP contribution < -0.4 is 20.5 Å². The average molecular weight is 311 g/mol. The fourth-order valence-electron chi connectivity index (χ4n) is 3.55. The molecule has 0 bridgehead atoms. The number of nitrogens with one attached hydrogen (secondary N) is 1. The van der Waals surface area contributed by atoms with E-state index in [1.807, 2.05) is 24.3 Å². The summed E-state index contributed by atoms with van der Waals surface area (Å²) in [7, 11) is 0. The van der Waals surface area contributed by atoms with E-state index < -0.39 is 0 Å². The summed E-state index contributed by atoms with van der Waals surface area (Å²) in [5, 5.41) is 3.49. The number of fused-ring (bicyclic) bond motifs is 3. The van der Waals surface area contributed by atoms with Crippen molar-refractivity contribution in [2.75, 3.05) is 12.3 Å². The molecule has 1 aromatic carbocycles. The van der Waals surface area contributed by atoms with Gasteiger partial charge >= 0.3 is 0 Å². The number of hydrogen-bond donors (Lipinski definition) is 2. The molecule has 2 aromatic rings. The van der Waals surface area contributed by atoms with Crippen LogP contribution in [0.15, 0.2) is 30.5 Å². The van der Waals surface area contributed by atoms with Gasteiger partial charge in [-0.05, 0) is 44.0 Å². The molecule has 0 radical (unpaired) electrons. The van der Waals surface area contributed by atoms with Crippen molar-refractivity contribution >= 4 is 5.82 Å². The Labute approximate surface area is 135 Å². The van der Waals surface area contributed by atoms with Crippen LogP contribution in [0.2, 0.25) is 0 Å². The predicted molar refractivity (Wildman–Crippen MR) is 89.5 cm³/mol. The lowest BCUT2D eigenvalue weighted by atomic mass is 9.85. The van der Waals surface area contributed by atoms with E-state index in [1.54, 1.807) is 6.20 Å². The van der Waals surface area contributed by atoms with Crippen LogP contribution in [0.4, 0.5) is 5.82 Å². The minimum absolute atomic E-state index is 0.0723. The van der Waals surface area contributed by atoms with E-state index in [4.69, 9.17) is 15.2 Å².